The van der Waals surface area contributed by atoms with Crippen LogP contribution in [0.3, 0.4) is 0 Å². The summed E-state index contributed by atoms with van der Waals surface area (Å²) in [4.78, 5) is 18.5. The van der Waals surface area contributed by atoms with Gasteiger partial charge in [-0.1, -0.05) is 6.07 Å². The molecule has 2 amide bonds. The fraction of sp³-hybridized carbons (Fsp3) is 0.368. The van der Waals surface area contributed by atoms with Gasteiger partial charge < -0.3 is 15.2 Å². The lowest BCUT2D eigenvalue weighted by atomic mass is 10.0. The van der Waals surface area contributed by atoms with E-state index < -0.39 is 0 Å². The molecule has 0 saturated heterocycles. The molecule has 1 aromatic carbocycles. The molecule has 2 aliphatic rings. The molecule has 0 spiro atoms. The monoisotopic (exact) mass is 355 g/mol. The van der Waals surface area contributed by atoms with Crippen molar-refractivity contribution in [3.8, 4) is 11.4 Å². The van der Waals surface area contributed by atoms with Gasteiger partial charge in [0.1, 0.15) is 17.8 Å². The molecule has 2 heterocycles. The average Bonchev–Trinajstić information content (AvgIpc) is 3.23. The number of carbonyl (C=O) groups excluding carboxylic acids is 1. The molecule has 1 aromatic heterocycles. The number of urea groups is 1. The first kappa shape index (κ1) is 16.6. The molecule has 0 radical (unpaired) electrons. The SMILES string of the molecule is CCn1ccnc1-c1cc(F)ccc1C1NC(C2CC2)=CN1C(=O)NC. The number of benzene rings is 1. The molecule has 1 aliphatic heterocycles. The van der Waals surface area contributed by atoms with Crippen LogP contribution in [0.2, 0.25) is 0 Å². The lowest BCUT2D eigenvalue weighted by Gasteiger charge is -2.26. The molecular weight excluding hydrogens is 333 g/mol. The normalized spacial score (nSPS) is 19.3. The number of hydrogen-bond acceptors (Lipinski definition) is 3. The van der Waals surface area contributed by atoms with Gasteiger partial charge in [0.05, 0.1) is 0 Å². The fourth-order valence-corrected chi connectivity index (χ4v) is 3.41. The number of amides is 2. The molecule has 1 unspecified atom stereocenters. The maximum atomic E-state index is 14.0. The van der Waals surface area contributed by atoms with Crippen LogP contribution in [-0.2, 0) is 6.54 Å². The summed E-state index contributed by atoms with van der Waals surface area (Å²) >= 11 is 0. The summed E-state index contributed by atoms with van der Waals surface area (Å²) in [5.74, 6) is 0.850. The molecule has 7 heteroatoms. The Morgan fingerprint density at radius 3 is 2.92 bits per heavy atom. The third-order valence-corrected chi connectivity index (χ3v) is 4.93. The Balaban J connectivity index is 1.78. The Labute approximate surface area is 151 Å². The molecule has 1 atom stereocenters. The van der Waals surface area contributed by atoms with Crippen molar-refractivity contribution in [2.24, 2.45) is 5.92 Å². The molecule has 6 nitrogen and oxygen atoms in total. The third kappa shape index (κ3) is 2.83. The predicted octanol–water partition coefficient (Wildman–Crippen LogP) is 3.20. The number of aryl methyl sites for hydroxylation is 1. The van der Waals surface area contributed by atoms with Gasteiger partial charge in [0.15, 0.2) is 0 Å². The molecule has 26 heavy (non-hydrogen) atoms. The predicted molar refractivity (Wildman–Crippen MR) is 96.3 cm³/mol. The van der Waals surface area contributed by atoms with Gasteiger partial charge in [-0.2, -0.15) is 0 Å². The van der Waals surface area contributed by atoms with E-state index in [1.807, 2.05) is 23.9 Å². The van der Waals surface area contributed by atoms with E-state index in [1.54, 1.807) is 24.2 Å². The highest BCUT2D eigenvalue weighted by Crippen LogP contribution is 2.41. The molecule has 136 valence electrons. The van der Waals surface area contributed by atoms with Crippen molar-refractivity contribution in [1.82, 2.24) is 25.1 Å². The number of nitrogens with zero attached hydrogens (tertiary/aromatic N) is 3. The number of aromatic nitrogens is 2. The molecule has 1 fully saturated rings. The second kappa shape index (κ2) is 6.48. The van der Waals surface area contributed by atoms with E-state index in [1.165, 1.54) is 12.1 Å². The molecule has 1 aliphatic carbocycles. The first-order chi connectivity index (χ1) is 12.6. The number of nitrogens with one attached hydrogen (secondary N) is 2. The first-order valence-corrected chi connectivity index (χ1v) is 8.91. The standard InChI is InChI=1S/C19H22FN5O/c1-3-24-9-8-22-17(24)15-10-13(20)6-7-14(15)18-23-16(12-4-5-12)11-25(18)19(26)21-2/h6-12,18,23H,3-5H2,1-2H3,(H,21,26). The Morgan fingerprint density at radius 2 is 2.23 bits per heavy atom. The highest BCUT2D eigenvalue weighted by atomic mass is 19.1. The quantitative estimate of drug-likeness (QED) is 0.885. The summed E-state index contributed by atoms with van der Waals surface area (Å²) in [7, 11) is 1.61. The summed E-state index contributed by atoms with van der Waals surface area (Å²) < 4.78 is 16.0. The molecule has 2 aromatic rings. The summed E-state index contributed by atoms with van der Waals surface area (Å²) in [6, 6.07) is 4.45. The molecule has 1 saturated carbocycles. The number of halogens is 1. The van der Waals surface area contributed by atoms with Crippen molar-refractivity contribution < 1.29 is 9.18 Å². The lowest BCUT2D eigenvalue weighted by molar-refractivity contribution is 0.203. The summed E-state index contributed by atoms with van der Waals surface area (Å²) in [6.45, 7) is 2.75. The zero-order chi connectivity index (χ0) is 18.3. The third-order valence-electron chi connectivity index (χ3n) is 4.93. The van der Waals surface area contributed by atoms with E-state index in [2.05, 4.69) is 15.6 Å². The topological polar surface area (TPSA) is 62.2 Å². The maximum absolute atomic E-state index is 14.0. The average molecular weight is 355 g/mol. The number of rotatable bonds is 4. The van der Waals surface area contributed by atoms with Crippen molar-refractivity contribution in [3.05, 3.63) is 53.9 Å². The van der Waals surface area contributed by atoms with Gasteiger partial charge in [0.25, 0.3) is 0 Å². The Kier molecular flexibility index (Phi) is 4.14. The van der Waals surface area contributed by atoms with Crippen LogP contribution in [0.4, 0.5) is 9.18 Å². The van der Waals surface area contributed by atoms with Crippen molar-refractivity contribution in [2.75, 3.05) is 7.05 Å². The smallest absolute Gasteiger partial charge is 0.323 e. The Bertz CT molecular complexity index is 871. The zero-order valence-electron chi connectivity index (χ0n) is 14.9. The van der Waals surface area contributed by atoms with Crippen LogP contribution in [0.25, 0.3) is 11.4 Å². The second-order valence-electron chi connectivity index (χ2n) is 6.64. The van der Waals surface area contributed by atoms with Gasteiger partial charge in [0, 0.05) is 54.9 Å². The fourth-order valence-electron chi connectivity index (χ4n) is 3.41. The highest BCUT2D eigenvalue weighted by Gasteiger charge is 2.37. The van der Waals surface area contributed by atoms with E-state index in [0.29, 0.717) is 17.3 Å². The van der Waals surface area contributed by atoms with E-state index in [-0.39, 0.29) is 18.0 Å². The van der Waals surface area contributed by atoms with Crippen LogP contribution < -0.4 is 10.6 Å². The molecule has 2 N–H and O–H groups in total. The van der Waals surface area contributed by atoms with Gasteiger partial charge in [-0.3, -0.25) is 4.90 Å². The summed E-state index contributed by atoms with van der Waals surface area (Å²) in [6.07, 6.45) is 7.33. The minimum atomic E-state index is -0.386. The minimum Gasteiger partial charge on any atom is -0.363 e. The van der Waals surface area contributed by atoms with Crippen LogP contribution in [0.5, 0.6) is 0 Å². The molecule has 4 rings (SSSR count). The Morgan fingerprint density at radius 1 is 1.42 bits per heavy atom. The van der Waals surface area contributed by atoms with Gasteiger partial charge in [-0.15, -0.1) is 0 Å². The van der Waals surface area contributed by atoms with Gasteiger partial charge in [-0.05, 0) is 31.9 Å². The zero-order valence-corrected chi connectivity index (χ0v) is 14.9. The van der Waals surface area contributed by atoms with Crippen LogP contribution in [0.1, 0.15) is 31.5 Å². The van der Waals surface area contributed by atoms with Crippen LogP contribution in [0, 0.1) is 11.7 Å². The number of hydrogen-bond donors (Lipinski definition) is 2. The van der Waals surface area contributed by atoms with Gasteiger partial charge in [0.2, 0.25) is 0 Å². The van der Waals surface area contributed by atoms with E-state index in [9.17, 15) is 9.18 Å². The van der Waals surface area contributed by atoms with Crippen molar-refractivity contribution >= 4 is 6.03 Å². The lowest BCUT2D eigenvalue weighted by Crippen LogP contribution is -2.38. The number of allylic oxidation sites excluding steroid dienone is 1. The number of imidazole rings is 1. The van der Waals surface area contributed by atoms with Crippen molar-refractivity contribution in [1.29, 1.82) is 0 Å². The highest BCUT2D eigenvalue weighted by molar-refractivity contribution is 5.77. The van der Waals surface area contributed by atoms with E-state index >= 15 is 0 Å². The summed E-state index contributed by atoms with van der Waals surface area (Å²) in [5, 5.41) is 6.14. The van der Waals surface area contributed by atoms with Gasteiger partial charge >= 0.3 is 6.03 Å². The minimum absolute atomic E-state index is 0.202. The Hall–Kier alpha value is -2.83. The van der Waals surface area contributed by atoms with Gasteiger partial charge in [-0.25, -0.2) is 14.2 Å². The molecular formula is C19H22FN5O. The molecule has 0 bridgehead atoms. The number of carbonyl (C=O) groups is 1. The second-order valence-corrected chi connectivity index (χ2v) is 6.64. The summed E-state index contributed by atoms with van der Waals surface area (Å²) in [5.41, 5.74) is 2.57. The van der Waals surface area contributed by atoms with Crippen LogP contribution in [-0.4, -0.2) is 27.5 Å². The van der Waals surface area contributed by atoms with Crippen molar-refractivity contribution in [3.63, 3.8) is 0 Å². The first-order valence-electron chi connectivity index (χ1n) is 8.91. The van der Waals surface area contributed by atoms with E-state index in [0.717, 1.165) is 30.6 Å². The largest absolute Gasteiger partial charge is 0.363 e. The van der Waals surface area contributed by atoms with Crippen LogP contribution >= 0.6 is 0 Å². The van der Waals surface area contributed by atoms with Crippen LogP contribution in [0.15, 0.2) is 42.5 Å². The maximum Gasteiger partial charge on any atom is 0.323 e. The van der Waals surface area contributed by atoms with E-state index in [4.69, 9.17) is 0 Å². The van der Waals surface area contributed by atoms with Crippen molar-refractivity contribution in [2.45, 2.75) is 32.5 Å².